The SMILES string of the molecule is C1=CCC2C(=C1)C(c1ccccc1)(c1ccc(N(c3ccccc3)c3ccccc3)cc1)c1ccc3c(c12)Oc1ccccc1S3. The highest BCUT2D eigenvalue weighted by Gasteiger charge is 2.52. The van der Waals surface area contributed by atoms with E-state index in [1.54, 1.807) is 0 Å². The number of nitrogens with zero attached hydrogens (tertiary/aromatic N) is 1. The number of benzene rings is 6. The maximum absolute atomic E-state index is 6.80. The summed E-state index contributed by atoms with van der Waals surface area (Å²) in [7, 11) is 0. The third-order valence-corrected chi connectivity index (χ3v) is 10.7. The van der Waals surface area contributed by atoms with Gasteiger partial charge in [-0.25, -0.2) is 0 Å². The highest BCUT2D eigenvalue weighted by atomic mass is 32.2. The van der Waals surface area contributed by atoms with E-state index in [0.29, 0.717) is 0 Å². The van der Waals surface area contributed by atoms with Crippen molar-refractivity contribution in [3.05, 3.63) is 198 Å². The molecule has 0 saturated heterocycles. The zero-order valence-corrected chi connectivity index (χ0v) is 26.0. The Balaban J connectivity index is 1.25. The number of ether oxygens (including phenoxy) is 1. The molecule has 0 amide bonds. The molecule has 9 rings (SSSR count). The van der Waals surface area contributed by atoms with Crippen LogP contribution in [0, 0.1) is 0 Å². The van der Waals surface area contributed by atoms with E-state index in [1.165, 1.54) is 37.6 Å². The first-order chi connectivity index (χ1) is 22.8. The predicted octanol–water partition coefficient (Wildman–Crippen LogP) is 11.7. The molecule has 6 aromatic carbocycles. The van der Waals surface area contributed by atoms with Crippen molar-refractivity contribution in [1.29, 1.82) is 0 Å². The van der Waals surface area contributed by atoms with Gasteiger partial charge in [-0.2, -0.15) is 0 Å². The minimum atomic E-state index is -0.450. The average molecular weight is 610 g/mol. The van der Waals surface area contributed by atoms with Gasteiger partial charge < -0.3 is 9.64 Å². The fraction of sp³-hybridized carbons (Fsp3) is 0.0698. The second-order valence-corrected chi connectivity index (χ2v) is 13.1. The molecule has 3 aliphatic rings. The van der Waals surface area contributed by atoms with Gasteiger partial charge in [0.25, 0.3) is 0 Å². The fourth-order valence-corrected chi connectivity index (χ4v) is 8.67. The Bertz CT molecular complexity index is 2080. The van der Waals surface area contributed by atoms with Crippen molar-refractivity contribution < 1.29 is 4.74 Å². The molecule has 0 N–H and O–H groups in total. The number of anilines is 3. The van der Waals surface area contributed by atoms with E-state index < -0.39 is 5.41 Å². The molecule has 3 heteroatoms. The lowest BCUT2D eigenvalue weighted by Crippen LogP contribution is -2.29. The van der Waals surface area contributed by atoms with Crippen molar-refractivity contribution in [2.24, 2.45) is 0 Å². The molecular weight excluding hydrogens is 579 g/mol. The van der Waals surface area contributed by atoms with Crippen LogP contribution < -0.4 is 9.64 Å². The van der Waals surface area contributed by atoms with Crippen LogP contribution in [0.25, 0.3) is 0 Å². The Morgan fingerprint density at radius 3 is 1.91 bits per heavy atom. The first-order valence-electron chi connectivity index (χ1n) is 15.9. The summed E-state index contributed by atoms with van der Waals surface area (Å²) in [4.78, 5) is 4.68. The third-order valence-electron chi connectivity index (χ3n) is 9.58. The maximum atomic E-state index is 6.80. The molecule has 2 unspecified atom stereocenters. The lowest BCUT2D eigenvalue weighted by Gasteiger charge is -2.36. The first-order valence-corrected chi connectivity index (χ1v) is 16.7. The monoisotopic (exact) mass is 609 g/mol. The molecule has 0 radical (unpaired) electrons. The van der Waals surface area contributed by atoms with Gasteiger partial charge in [0, 0.05) is 28.5 Å². The highest BCUT2D eigenvalue weighted by Crippen LogP contribution is 2.64. The molecule has 1 heterocycles. The minimum absolute atomic E-state index is 0.228. The molecule has 1 aliphatic heterocycles. The summed E-state index contributed by atoms with van der Waals surface area (Å²) < 4.78 is 6.80. The minimum Gasteiger partial charge on any atom is -0.455 e. The van der Waals surface area contributed by atoms with Gasteiger partial charge >= 0.3 is 0 Å². The van der Waals surface area contributed by atoms with Crippen molar-refractivity contribution >= 4 is 28.8 Å². The smallest absolute Gasteiger partial charge is 0.145 e. The zero-order valence-electron chi connectivity index (χ0n) is 25.2. The molecule has 220 valence electrons. The Morgan fingerprint density at radius 1 is 0.587 bits per heavy atom. The molecular formula is C43H31NOS. The van der Waals surface area contributed by atoms with Crippen molar-refractivity contribution in [2.75, 3.05) is 4.90 Å². The maximum Gasteiger partial charge on any atom is 0.145 e. The van der Waals surface area contributed by atoms with Gasteiger partial charge in [0.1, 0.15) is 11.5 Å². The number of rotatable bonds is 5. The summed E-state index contributed by atoms with van der Waals surface area (Å²) in [6.45, 7) is 0. The highest BCUT2D eigenvalue weighted by molar-refractivity contribution is 7.99. The number of hydrogen-bond donors (Lipinski definition) is 0. The van der Waals surface area contributed by atoms with Gasteiger partial charge in [-0.15, -0.1) is 0 Å². The van der Waals surface area contributed by atoms with Gasteiger partial charge in [-0.3, -0.25) is 0 Å². The van der Waals surface area contributed by atoms with E-state index in [9.17, 15) is 0 Å². The molecule has 0 fully saturated rings. The topological polar surface area (TPSA) is 12.5 Å². The summed E-state index contributed by atoms with van der Waals surface area (Å²) in [6, 6.07) is 54.6. The Kier molecular flexibility index (Phi) is 6.46. The van der Waals surface area contributed by atoms with Gasteiger partial charge in [0.15, 0.2) is 0 Å². The number of para-hydroxylation sites is 3. The molecule has 2 atom stereocenters. The van der Waals surface area contributed by atoms with Crippen LogP contribution in [-0.4, -0.2) is 0 Å². The summed E-state index contributed by atoms with van der Waals surface area (Å²) in [5.74, 6) is 2.18. The first kappa shape index (κ1) is 27.1. The third kappa shape index (κ3) is 4.12. The van der Waals surface area contributed by atoms with E-state index in [0.717, 1.165) is 35.0 Å². The van der Waals surface area contributed by atoms with Crippen LogP contribution in [0.1, 0.15) is 34.6 Å². The molecule has 0 aromatic heterocycles. The Hall–Kier alpha value is -5.25. The van der Waals surface area contributed by atoms with Gasteiger partial charge in [-0.05, 0) is 83.3 Å². The number of fused-ring (bicyclic) bond motifs is 6. The molecule has 0 saturated carbocycles. The van der Waals surface area contributed by atoms with Crippen LogP contribution >= 0.6 is 11.8 Å². The second-order valence-electron chi connectivity index (χ2n) is 12.0. The van der Waals surface area contributed by atoms with Crippen LogP contribution in [0.15, 0.2) is 185 Å². The van der Waals surface area contributed by atoms with Gasteiger partial charge in [0.05, 0.1) is 15.2 Å². The molecule has 2 nitrogen and oxygen atoms in total. The molecule has 0 bridgehead atoms. The van der Waals surface area contributed by atoms with Gasteiger partial charge in [0.2, 0.25) is 0 Å². The van der Waals surface area contributed by atoms with Crippen LogP contribution in [0.3, 0.4) is 0 Å². The molecule has 46 heavy (non-hydrogen) atoms. The molecule has 0 spiro atoms. The second kappa shape index (κ2) is 11.0. The normalized spacial score (nSPS) is 18.8. The van der Waals surface area contributed by atoms with Crippen LogP contribution in [0.5, 0.6) is 11.5 Å². The molecule has 2 aliphatic carbocycles. The lowest BCUT2D eigenvalue weighted by molar-refractivity contribution is 0.446. The largest absolute Gasteiger partial charge is 0.455 e. The van der Waals surface area contributed by atoms with Crippen molar-refractivity contribution in [1.82, 2.24) is 0 Å². The Morgan fingerprint density at radius 2 is 1.20 bits per heavy atom. The Labute approximate surface area is 274 Å². The summed E-state index contributed by atoms with van der Waals surface area (Å²) in [5.41, 5.74) is 9.52. The predicted molar refractivity (Wildman–Crippen MR) is 189 cm³/mol. The van der Waals surface area contributed by atoms with Crippen LogP contribution in [0.4, 0.5) is 17.1 Å². The average Bonchev–Trinajstić information content (AvgIpc) is 3.44. The number of hydrogen-bond acceptors (Lipinski definition) is 3. The lowest BCUT2D eigenvalue weighted by atomic mass is 9.66. The summed E-state index contributed by atoms with van der Waals surface area (Å²) in [5, 5.41) is 0. The summed E-state index contributed by atoms with van der Waals surface area (Å²) in [6.07, 6.45) is 7.87. The van der Waals surface area contributed by atoms with Crippen LogP contribution in [-0.2, 0) is 5.41 Å². The van der Waals surface area contributed by atoms with E-state index in [4.69, 9.17) is 4.74 Å². The van der Waals surface area contributed by atoms with Crippen molar-refractivity contribution in [3.63, 3.8) is 0 Å². The van der Waals surface area contributed by atoms with E-state index >= 15 is 0 Å². The van der Waals surface area contributed by atoms with E-state index in [2.05, 4.69) is 175 Å². The van der Waals surface area contributed by atoms with Gasteiger partial charge in [-0.1, -0.05) is 127 Å². The molecule has 6 aromatic rings. The van der Waals surface area contributed by atoms with Crippen LogP contribution in [0.2, 0.25) is 0 Å². The van der Waals surface area contributed by atoms with E-state index in [1.807, 2.05) is 11.8 Å². The standard InChI is InChI=1S/C43H31NOS/c1-4-14-30(15-5-1)43(31-24-26-34(27-25-31)44(32-16-6-2-7-17-32)33-18-8-3-9-19-33)36-21-11-10-20-35(36)41-37(43)28-29-40-42(41)45-38-22-12-13-23-39(38)46-40/h1-19,21-29,35H,20H2. The number of allylic oxidation sites excluding steroid dienone is 4. The quantitative estimate of drug-likeness (QED) is 0.193. The van der Waals surface area contributed by atoms with Crippen molar-refractivity contribution in [3.8, 4) is 11.5 Å². The van der Waals surface area contributed by atoms with Crippen molar-refractivity contribution in [2.45, 2.75) is 27.5 Å². The van der Waals surface area contributed by atoms with E-state index in [-0.39, 0.29) is 5.92 Å². The fourth-order valence-electron chi connectivity index (χ4n) is 7.69. The summed E-state index contributed by atoms with van der Waals surface area (Å²) >= 11 is 1.81. The zero-order chi connectivity index (χ0) is 30.5.